The van der Waals surface area contributed by atoms with E-state index in [2.05, 4.69) is 0 Å². The van der Waals surface area contributed by atoms with E-state index in [1.807, 2.05) is 0 Å². The number of rotatable bonds is 2. The maximum Gasteiger partial charge on any atom is 0.340 e. The van der Waals surface area contributed by atoms with Crippen LogP contribution in [0.25, 0.3) is 0 Å². The van der Waals surface area contributed by atoms with Crippen molar-refractivity contribution in [2.24, 2.45) is 0 Å². The second kappa shape index (κ2) is 5.46. The number of benzene rings is 1. The Morgan fingerprint density at radius 1 is 1.30 bits per heavy atom. The zero-order chi connectivity index (χ0) is 15.9. The molecule has 1 aromatic carbocycles. The first-order chi connectivity index (χ1) is 8.84. The molecule has 0 aliphatic carbocycles. The number of esters is 1. The second-order valence-corrected chi connectivity index (χ2v) is 7.68. The van der Waals surface area contributed by atoms with Gasteiger partial charge in [0.25, 0.3) is 9.05 Å². The lowest BCUT2D eigenvalue weighted by atomic mass is 10.1. The van der Waals surface area contributed by atoms with Crippen molar-refractivity contribution in [1.29, 1.82) is 0 Å². The Morgan fingerprint density at radius 3 is 2.20 bits per heavy atom. The van der Waals surface area contributed by atoms with Gasteiger partial charge in [0.05, 0.1) is 10.6 Å². The number of carbonyl (C=O) groups excluding carboxylic acids is 1. The summed E-state index contributed by atoms with van der Waals surface area (Å²) in [6.07, 6.45) is 0. The molecule has 0 aromatic heterocycles. The van der Waals surface area contributed by atoms with Gasteiger partial charge in [-0.1, -0.05) is 11.6 Å². The molecule has 9 heteroatoms. The van der Waals surface area contributed by atoms with E-state index in [9.17, 15) is 22.0 Å². The first-order valence-electron chi connectivity index (χ1n) is 5.20. The first kappa shape index (κ1) is 17.1. The van der Waals surface area contributed by atoms with Crippen LogP contribution in [0.3, 0.4) is 0 Å². The van der Waals surface area contributed by atoms with Gasteiger partial charge in [-0.3, -0.25) is 0 Å². The van der Waals surface area contributed by atoms with Crippen LogP contribution in [0.4, 0.5) is 8.78 Å². The van der Waals surface area contributed by atoms with Crippen molar-refractivity contribution < 1.29 is 26.7 Å². The van der Waals surface area contributed by atoms with Gasteiger partial charge in [0.1, 0.15) is 10.5 Å². The fourth-order valence-corrected chi connectivity index (χ4v) is 2.98. The van der Waals surface area contributed by atoms with Crippen molar-refractivity contribution in [3.8, 4) is 0 Å². The lowest BCUT2D eigenvalue weighted by Crippen LogP contribution is -2.24. The number of carbonyl (C=O) groups is 1. The van der Waals surface area contributed by atoms with Crippen molar-refractivity contribution in [2.75, 3.05) is 0 Å². The maximum absolute atomic E-state index is 13.5. The van der Waals surface area contributed by atoms with Crippen LogP contribution < -0.4 is 0 Å². The Kier molecular flexibility index (Phi) is 4.68. The molecule has 0 spiro atoms. The molecule has 112 valence electrons. The lowest BCUT2D eigenvalue weighted by molar-refractivity contribution is 0.00688. The van der Waals surface area contributed by atoms with Crippen LogP contribution in [-0.2, 0) is 13.8 Å². The molecule has 0 saturated carbocycles. The smallest absolute Gasteiger partial charge is 0.340 e. The SMILES string of the molecule is CC(C)(C)OC(=O)c1cc(F)c(F)c(S(=O)(=O)Cl)c1Cl. The molecule has 0 amide bonds. The molecule has 0 unspecified atom stereocenters. The van der Waals surface area contributed by atoms with Crippen LogP contribution >= 0.6 is 22.3 Å². The Morgan fingerprint density at radius 2 is 1.80 bits per heavy atom. The summed E-state index contributed by atoms with van der Waals surface area (Å²) >= 11 is 5.62. The molecule has 0 bridgehead atoms. The molecule has 0 radical (unpaired) electrons. The Labute approximate surface area is 124 Å². The normalized spacial score (nSPS) is 12.3. The number of halogens is 4. The molecule has 0 saturated heterocycles. The summed E-state index contributed by atoms with van der Waals surface area (Å²) in [6.45, 7) is 4.62. The molecule has 0 atom stereocenters. The fraction of sp³-hybridized carbons (Fsp3) is 0.364. The summed E-state index contributed by atoms with van der Waals surface area (Å²) in [5.41, 5.74) is -1.55. The van der Waals surface area contributed by atoms with Gasteiger partial charge in [-0.05, 0) is 26.8 Å². The van der Waals surface area contributed by atoms with Crippen molar-refractivity contribution in [3.05, 3.63) is 28.3 Å². The summed E-state index contributed by atoms with van der Waals surface area (Å²) in [7, 11) is 0.311. The standard InChI is InChI=1S/C11H10Cl2F2O4S/c1-11(2,3)19-10(16)5-4-6(14)8(15)9(7(5)12)20(13,17)18/h4H,1-3H3. The molecule has 0 heterocycles. The quantitative estimate of drug-likeness (QED) is 0.467. The van der Waals surface area contributed by atoms with Gasteiger partial charge in [0.15, 0.2) is 11.6 Å². The highest BCUT2D eigenvalue weighted by molar-refractivity contribution is 8.13. The largest absolute Gasteiger partial charge is 0.456 e. The predicted octanol–water partition coefficient (Wildman–Crippen LogP) is 3.50. The highest BCUT2D eigenvalue weighted by Crippen LogP contribution is 2.33. The van der Waals surface area contributed by atoms with Gasteiger partial charge < -0.3 is 4.74 Å². The Balaban J connectivity index is 3.53. The van der Waals surface area contributed by atoms with Crippen LogP contribution in [0, 0.1) is 11.6 Å². The summed E-state index contributed by atoms with van der Waals surface area (Å²) < 4.78 is 54.2. The molecule has 20 heavy (non-hydrogen) atoms. The zero-order valence-electron chi connectivity index (χ0n) is 10.6. The van der Waals surface area contributed by atoms with E-state index >= 15 is 0 Å². The van der Waals surface area contributed by atoms with E-state index in [1.54, 1.807) is 0 Å². The van der Waals surface area contributed by atoms with E-state index in [1.165, 1.54) is 20.8 Å². The molecule has 0 aliphatic rings. The minimum Gasteiger partial charge on any atom is -0.456 e. The highest BCUT2D eigenvalue weighted by Gasteiger charge is 2.30. The monoisotopic (exact) mass is 346 g/mol. The second-order valence-electron chi connectivity index (χ2n) is 4.80. The van der Waals surface area contributed by atoms with Crippen LogP contribution in [0.15, 0.2) is 11.0 Å². The van der Waals surface area contributed by atoms with Gasteiger partial charge in [0.2, 0.25) is 0 Å². The molecule has 1 aromatic rings. The van der Waals surface area contributed by atoms with Crippen LogP contribution in [0.5, 0.6) is 0 Å². The molecule has 0 fully saturated rings. The van der Waals surface area contributed by atoms with Gasteiger partial charge >= 0.3 is 5.97 Å². The average Bonchev–Trinajstić information content (AvgIpc) is 2.18. The van der Waals surface area contributed by atoms with Crippen molar-refractivity contribution in [1.82, 2.24) is 0 Å². The summed E-state index contributed by atoms with van der Waals surface area (Å²) in [4.78, 5) is 10.5. The topological polar surface area (TPSA) is 60.4 Å². The van der Waals surface area contributed by atoms with E-state index in [0.29, 0.717) is 6.07 Å². The maximum atomic E-state index is 13.5. The summed E-state index contributed by atoms with van der Waals surface area (Å²) in [5.74, 6) is -4.42. The van der Waals surface area contributed by atoms with E-state index in [4.69, 9.17) is 27.0 Å². The van der Waals surface area contributed by atoms with Crippen molar-refractivity contribution in [3.63, 3.8) is 0 Å². The number of hydrogen-bond acceptors (Lipinski definition) is 4. The third-order valence-electron chi connectivity index (χ3n) is 1.98. The summed E-state index contributed by atoms with van der Waals surface area (Å²) in [6, 6.07) is 0.456. The minimum absolute atomic E-state index is 0.456. The summed E-state index contributed by atoms with van der Waals surface area (Å²) in [5, 5.41) is -0.826. The van der Waals surface area contributed by atoms with Gasteiger partial charge in [0, 0.05) is 10.7 Å². The zero-order valence-corrected chi connectivity index (χ0v) is 13.0. The molecule has 0 aliphatic heterocycles. The molecular weight excluding hydrogens is 337 g/mol. The van der Waals surface area contributed by atoms with Crippen LogP contribution in [-0.4, -0.2) is 20.0 Å². The van der Waals surface area contributed by atoms with Crippen molar-refractivity contribution >= 4 is 37.3 Å². The molecular formula is C11H10Cl2F2O4S. The fourth-order valence-electron chi connectivity index (χ4n) is 1.28. The third-order valence-corrected chi connectivity index (χ3v) is 3.82. The highest BCUT2D eigenvalue weighted by atomic mass is 35.7. The number of hydrogen-bond donors (Lipinski definition) is 0. The van der Waals surface area contributed by atoms with Crippen LogP contribution in [0.1, 0.15) is 31.1 Å². The van der Waals surface area contributed by atoms with E-state index < -0.39 is 47.7 Å². The lowest BCUT2D eigenvalue weighted by Gasteiger charge is -2.20. The van der Waals surface area contributed by atoms with Crippen LogP contribution in [0.2, 0.25) is 5.02 Å². The van der Waals surface area contributed by atoms with E-state index in [-0.39, 0.29) is 0 Å². The molecule has 4 nitrogen and oxygen atoms in total. The third kappa shape index (κ3) is 3.80. The number of ether oxygens (including phenoxy) is 1. The van der Waals surface area contributed by atoms with Gasteiger partial charge in [-0.15, -0.1) is 0 Å². The van der Waals surface area contributed by atoms with Crippen molar-refractivity contribution in [2.45, 2.75) is 31.3 Å². The Bertz CT molecular complexity index is 666. The predicted molar refractivity (Wildman–Crippen MR) is 69.6 cm³/mol. The molecule has 1 rings (SSSR count). The van der Waals surface area contributed by atoms with Gasteiger partial charge in [-0.25, -0.2) is 22.0 Å². The Hall–Kier alpha value is -0.920. The van der Waals surface area contributed by atoms with E-state index in [0.717, 1.165) is 0 Å². The first-order valence-corrected chi connectivity index (χ1v) is 7.89. The molecule has 0 N–H and O–H groups in total. The van der Waals surface area contributed by atoms with Gasteiger partial charge in [-0.2, -0.15) is 0 Å². The minimum atomic E-state index is -4.67. The average molecular weight is 347 g/mol.